The molecular formula is C13H10BN3. The molecule has 0 aliphatic heterocycles. The number of fused-ring (bicyclic) bond motifs is 1. The molecule has 3 aromatic rings. The monoisotopic (exact) mass is 219 g/mol. The van der Waals surface area contributed by atoms with E-state index in [0.29, 0.717) is 6.54 Å². The van der Waals surface area contributed by atoms with Crippen LogP contribution in [0.5, 0.6) is 0 Å². The zero-order valence-electron chi connectivity index (χ0n) is 9.24. The molecule has 0 saturated carbocycles. The summed E-state index contributed by atoms with van der Waals surface area (Å²) in [7, 11) is 5.75. The van der Waals surface area contributed by atoms with Crippen LogP contribution in [0.25, 0.3) is 11.0 Å². The molecule has 0 aliphatic rings. The Kier molecular flexibility index (Phi) is 2.40. The molecule has 3 nitrogen and oxygen atoms in total. The molecule has 2 radical (unpaired) electrons. The highest BCUT2D eigenvalue weighted by atomic mass is 15.4. The Bertz CT molecular complexity index is 660. The molecular weight excluding hydrogens is 209 g/mol. The number of aromatic nitrogens is 3. The van der Waals surface area contributed by atoms with Crippen LogP contribution in [-0.2, 0) is 6.54 Å². The van der Waals surface area contributed by atoms with E-state index in [2.05, 4.69) is 10.3 Å². The summed E-state index contributed by atoms with van der Waals surface area (Å²) in [6.07, 6.45) is 0. The molecule has 80 valence electrons. The molecule has 0 amide bonds. The van der Waals surface area contributed by atoms with Gasteiger partial charge < -0.3 is 0 Å². The van der Waals surface area contributed by atoms with Gasteiger partial charge in [0.15, 0.2) is 0 Å². The lowest BCUT2D eigenvalue weighted by Crippen LogP contribution is -2.07. The fourth-order valence-corrected chi connectivity index (χ4v) is 1.90. The van der Waals surface area contributed by atoms with Crippen LogP contribution in [0.2, 0.25) is 0 Å². The SMILES string of the molecule is [B]c1cccc(Cn2nnc3ccccc32)c1. The number of rotatable bonds is 2. The average molecular weight is 219 g/mol. The Hall–Kier alpha value is -2.10. The highest BCUT2D eigenvalue weighted by molar-refractivity contribution is 6.32. The summed E-state index contributed by atoms with van der Waals surface area (Å²) in [6, 6.07) is 15.7. The van der Waals surface area contributed by atoms with E-state index in [0.717, 1.165) is 22.1 Å². The van der Waals surface area contributed by atoms with Gasteiger partial charge in [-0.25, -0.2) is 4.68 Å². The fourth-order valence-electron chi connectivity index (χ4n) is 1.90. The molecule has 0 saturated heterocycles. The summed E-state index contributed by atoms with van der Waals surface area (Å²) >= 11 is 0. The summed E-state index contributed by atoms with van der Waals surface area (Å²) in [4.78, 5) is 0. The van der Waals surface area contributed by atoms with Gasteiger partial charge in [-0.3, -0.25) is 0 Å². The number of nitrogens with zero attached hydrogens (tertiary/aromatic N) is 3. The molecule has 2 aromatic carbocycles. The van der Waals surface area contributed by atoms with Crippen molar-refractivity contribution in [3.8, 4) is 0 Å². The molecule has 0 aliphatic carbocycles. The number of hydrogen-bond acceptors (Lipinski definition) is 2. The van der Waals surface area contributed by atoms with E-state index in [1.807, 2.05) is 53.2 Å². The third kappa shape index (κ3) is 1.94. The summed E-state index contributed by atoms with van der Waals surface area (Å²) in [5.74, 6) is 0. The lowest BCUT2D eigenvalue weighted by Gasteiger charge is -2.03. The first-order valence-corrected chi connectivity index (χ1v) is 5.45. The van der Waals surface area contributed by atoms with Crippen molar-refractivity contribution in [3.05, 3.63) is 54.1 Å². The molecule has 4 heteroatoms. The second-order valence-corrected chi connectivity index (χ2v) is 3.98. The summed E-state index contributed by atoms with van der Waals surface area (Å²) in [5, 5.41) is 8.27. The maximum atomic E-state index is 5.75. The smallest absolute Gasteiger partial charge is 0.113 e. The predicted octanol–water partition coefficient (Wildman–Crippen LogP) is 1.27. The third-order valence-electron chi connectivity index (χ3n) is 2.70. The van der Waals surface area contributed by atoms with Crippen LogP contribution in [0.15, 0.2) is 48.5 Å². The zero-order chi connectivity index (χ0) is 11.7. The zero-order valence-corrected chi connectivity index (χ0v) is 9.24. The Morgan fingerprint density at radius 1 is 1.06 bits per heavy atom. The normalized spacial score (nSPS) is 10.8. The van der Waals surface area contributed by atoms with Gasteiger partial charge in [0, 0.05) is 0 Å². The minimum Gasteiger partial charge on any atom is -0.240 e. The average Bonchev–Trinajstić information content (AvgIpc) is 2.73. The Morgan fingerprint density at radius 2 is 1.94 bits per heavy atom. The first-order valence-electron chi connectivity index (χ1n) is 5.45. The lowest BCUT2D eigenvalue weighted by atomic mass is 9.94. The molecule has 1 aromatic heterocycles. The van der Waals surface area contributed by atoms with Crippen LogP contribution >= 0.6 is 0 Å². The van der Waals surface area contributed by atoms with E-state index in [1.54, 1.807) is 0 Å². The van der Waals surface area contributed by atoms with Crippen LogP contribution in [0.1, 0.15) is 5.56 Å². The van der Waals surface area contributed by atoms with E-state index in [4.69, 9.17) is 7.85 Å². The number of para-hydroxylation sites is 1. The maximum Gasteiger partial charge on any atom is 0.113 e. The Balaban J connectivity index is 2.00. The summed E-state index contributed by atoms with van der Waals surface area (Å²) in [5.41, 5.74) is 3.85. The van der Waals surface area contributed by atoms with Crippen molar-refractivity contribution in [2.45, 2.75) is 6.54 Å². The molecule has 0 fully saturated rings. The lowest BCUT2D eigenvalue weighted by molar-refractivity contribution is 0.670. The van der Waals surface area contributed by atoms with E-state index in [1.165, 1.54) is 0 Å². The number of hydrogen-bond donors (Lipinski definition) is 0. The standard InChI is InChI=1S/C13H10BN3/c14-11-5-3-4-10(8-11)9-17-13-7-2-1-6-12(13)15-16-17/h1-8H,9H2. The minimum absolute atomic E-state index is 0.686. The van der Waals surface area contributed by atoms with Gasteiger partial charge in [-0.15, -0.1) is 5.10 Å². The van der Waals surface area contributed by atoms with E-state index in [9.17, 15) is 0 Å². The first-order chi connectivity index (χ1) is 8.33. The molecule has 0 unspecified atom stereocenters. The van der Waals surface area contributed by atoms with E-state index >= 15 is 0 Å². The van der Waals surface area contributed by atoms with Crippen molar-refractivity contribution in [1.29, 1.82) is 0 Å². The van der Waals surface area contributed by atoms with Crippen LogP contribution < -0.4 is 5.46 Å². The largest absolute Gasteiger partial charge is 0.240 e. The van der Waals surface area contributed by atoms with Gasteiger partial charge in [-0.2, -0.15) is 0 Å². The van der Waals surface area contributed by atoms with Crippen molar-refractivity contribution in [3.63, 3.8) is 0 Å². The topological polar surface area (TPSA) is 30.7 Å². The summed E-state index contributed by atoms with van der Waals surface area (Å²) < 4.78 is 1.88. The van der Waals surface area contributed by atoms with Gasteiger partial charge >= 0.3 is 0 Å². The second-order valence-electron chi connectivity index (χ2n) is 3.98. The second kappa shape index (κ2) is 4.05. The van der Waals surface area contributed by atoms with Crippen LogP contribution in [-0.4, -0.2) is 22.8 Å². The van der Waals surface area contributed by atoms with Crippen molar-refractivity contribution in [2.75, 3.05) is 0 Å². The van der Waals surface area contributed by atoms with Crippen LogP contribution in [0, 0.1) is 0 Å². The van der Waals surface area contributed by atoms with E-state index < -0.39 is 0 Å². The van der Waals surface area contributed by atoms with Crippen LogP contribution in [0.3, 0.4) is 0 Å². The Labute approximate surface area is 100 Å². The fraction of sp³-hybridized carbons (Fsp3) is 0.0769. The molecule has 0 atom stereocenters. The molecule has 0 spiro atoms. The highest BCUT2D eigenvalue weighted by Gasteiger charge is 2.03. The minimum atomic E-state index is 0.686. The van der Waals surface area contributed by atoms with Gasteiger partial charge in [-0.05, 0) is 17.7 Å². The van der Waals surface area contributed by atoms with Crippen LogP contribution in [0.4, 0.5) is 0 Å². The first kappa shape index (κ1) is 10.1. The van der Waals surface area contributed by atoms with Gasteiger partial charge in [0.05, 0.1) is 12.1 Å². The van der Waals surface area contributed by atoms with Gasteiger partial charge in [0.1, 0.15) is 13.4 Å². The van der Waals surface area contributed by atoms with Crippen molar-refractivity contribution >= 4 is 24.3 Å². The van der Waals surface area contributed by atoms with Gasteiger partial charge in [-0.1, -0.05) is 47.1 Å². The Morgan fingerprint density at radius 3 is 2.82 bits per heavy atom. The van der Waals surface area contributed by atoms with E-state index in [-0.39, 0.29) is 0 Å². The van der Waals surface area contributed by atoms with Gasteiger partial charge in [0.25, 0.3) is 0 Å². The molecule has 1 heterocycles. The molecule has 0 N–H and O–H groups in total. The van der Waals surface area contributed by atoms with Gasteiger partial charge in [0.2, 0.25) is 0 Å². The quantitative estimate of drug-likeness (QED) is 0.607. The molecule has 0 bridgehead atoms. The molecule has 3 rings (SSSR count). The number of benzene rings is 2. The highest BCUT2D eigenvalue weighted by Crippen LogP contribution is 2.11. The van der Waals surface area contributed by atoms with Crippen molar-refractivity contribution < 1.29 is 0 Å². The molecule has 17 heavy (non-hydrogen) atoms. The maximum absolute atomic E-state index is 5.75. The van der Waals surface area contributed by atoms with Crippen molar-refractivity contribution in [1.82, 2.24) is 15.0 Å². The third-order valence-corrected chi connectivity index (χ3v) is 2.70. The van der Waals surface area contributed by atoms with Crippen molar-refractivity contribution in [2.24, 2.45) is 0 Å². The predicted molar refractivity (Wildman–Crippen MR) is 68.5 cm³/mol. The summed E-state index contributed by atoms with van der Waals surface area (Å²) in [6.45, 7) is 0.686.